The van der Waals surface area contributed by atoms with E-state index in [0.29, 0.717) is 12.8 Å². The Labute approximate surface area is 126 Å². The maximum Gasteiger partial charge on any atom is 0.305 e. The van der Waals surface area contributed by atoms with E-state index in [1.165, 1.54) is 7.11 Å². The molecule has 0 amide bonds. The van der Waals surface area contributed by atoms with E-state index in [1.54, 1.807) is 0 Å². The quantitative estimate of drug-likeness (QED) is 0.762. The summed E-state index contributed by atoms with van der Waals surface area (Å²) in [5, 5.41) is 0. The Hall–Kier alpha value is -1.81. The van der Waals surface area contributed by atoms with Gasteiger partial charge in [-0.25, -0.2) is 0 Å². The Bertz CT molecular complexity index is 582. The lowest BCUT2D eigenvalue weighted by Crippen LogP contribution is -2.01. The van der Waals surface area contributed by atoms with E-state index in [0.717, 1.165) is 21.5 Å². The van der Waals surface area contributed by atoms with Crippen LogP contribution in [-0.2, 0) is 16.0 Å². The van der Waals surface area contributed by atoms with Crippen molar-refractivity contribution in [2.24, 2.45) is 0 Å². The molecule has 0 saturated heterocycles. The van der Waals surface area contributed by atoms with Crippen LogP contribution in [0.1, 0.15) is 12.0 Å². The molecule has 0 spiro atoms. The predicted molar refractivity (Wildman–Crippen MR) is 81.0 cm³/mol. The largest absolute Gasteiger partial charge is 0.469 e. The van der Waals surface area contributed by atoms with Gasteiger partial charge < -0.3 is 9.47 Å². The van der Waals surface area contributed by atoms with E-state index in [2.05, 4.69) is 20.7 Å². The Morgan fingerprint density at radius 2 is 1.90 bits per heavy atom. The molecule has 0 aromatic heterocycles. The van der Waals surface area contributed by atoms with Crippen LogP contribution in [0.25, 0.3) is 0 Å². The van der Waals surface area contributed by atoms with Crippen molar-refractivity contribution in [3.63, 3.8) is 0 Å². The molecule has 0 fully saturated rings. The molecule has 0 atom stereocenters. The molecule has 0 unspecified atom stereocenters. The van der Waals surface area contributed by atoms with Gasteiger partial charge in [-0.05, 0) is 52.2 Å². The molecule has 0 bridgehead atoms. The topological polar surface area (TPSA) is 35.5 Å². The molecule has 0 aliphatic carbocycles. The molecule has 20 heavy (non-hydrogen) atoms. The first kappa shape index (κ1) is 14.6. The second-order valence-corrected chi connectivity index (χ2v) is 5.11. The van der Waals surface area contributed by atoms with Crippen LogP contribution in [0.3, 0.4) is 0 Å². The van der Waals surface area contributed by atoms with Gasteiger partial charge in [-0.15, -0.1) is 0 Å². The minimum Gasteiger partial charge on any atom is -0.469 e. The van der Waals surface area contributed by atoms with Crippen molar-refractivity contribution in [1.29, 1.82) is 0 Å². The number of para-hydroxylation sites is 1. The van der Waals surface area contributed by atoms with Crippen molar-refractivity contribution >= 4 is 21.9 Å². The molecule has 2 aromatic carbocycles. The summed E-state index contributed by atoms with van der Waals surface area (Å²) in [6, 6.07) is 15.4. The number of esters is 1. The zero-order valence-corrected chi connectivity index (χ0v) is 12.7. The van der Waals surface area contributed by atoms with Crippen LogP contribution in [0.5, 0.6) is 11.5 Å². The number of carbonyl (C=O) groups excluding carboxylic acids is 1. The van der Waals surface area contributed by atoms with Crippen LogP contribution in [0.2, 0.25) is 0 Å². The lowest BCUT2D eigenvalue weighted by molar-refractivity contribution is -0.140. The SMILES string of the molecule is COC(=O)CCc1ccc(Oc2ccccc2)c(Br)c1. The van der Waals surface area contributed by atoms with Crippen LogP contribution >= 0.6 is 15.9 Å². The lowest BCUT2D eigenvalue weighted by atomic mass is 10.1. The van der Waals surface area contributed by atoms with Crippen LogP contribution in [0.4, 0.5) is 0 Å². The second kappa shape index (κ2) is 7.10. The van der Waals surface area contributed by atoms with Gasteiger partial charge in [0.2, 0.25) is 0 Å². The second-order valence-electron chi connectivity index (χ2n) is 4.26. The average Bonchev–Trinajstić information content (AvgIpc) is 2.48. The first-order chi connectivity index (χ1) is 9.69. The molecule has 3 nitrogen and oxygen atoms in total. The van der Waals surface area contributed by atoms with Crippen molar-refractivity contribution in [3.05, 3.63) is 58.6 Å². The maximum absolute atomic E-state index is 11.1. The molecule has 0 aliphatic rings. The summed E-state index contributed by atoms with van der Waals surface area (Å²) in [6.45, 7) is 0. The minimum absolute atomic E-state index is 0.203. The van der Waals surface area contributed by atoms with Gasteiger partial charge in [0.1, 0.15) is 11.5 Å². The van der Waals surface area contributed by atoms with Gasteiger partial charge in [-0.1, -0.05) is 24.3 Å². The number of methoxy groups -OCH3 is 1. The third kappa shape index (κ3) is 4.10. The van der Waals surface area contributed by atoms with Gasteiger partial charge in [-0.3, -0.25) is 4.79 Å². The number of hydrogen-bond donors (Lipinski definition) is 0. The van der Waals surface area contributed by atoms with Crippen molar-refractivity contribution in [1.82, 2.24) is 0 Å². The smallest absolute Gasteiger partial charge is 0.305 e. The molecule has 104 valence electrons. The molecule has 0 saturated carbocycles. The highest BCUT2D eigenvalue weighted by Crippen LogP contribution is 2.30. The third-order valence-corrected chi connectivity index (χ3v) is 3.43. The van der Waals surface area contributed by atoms with E-state index in [1.807, 2.05) is 48.5 Å². The van der Waals surface area contributed by atoms with Crippen LogP contribution in [0.15, 0.2) is 53.0 Å². The Morgan fingerprint density at radius 3 is 2.55 bits per heavy atom. The molecule has 2 rings (SSSR count). The fraction of sp³-hybridized carbons (Fsp3) is 0.188. The summed E-state index contributed by atoms with van der Waals surface area (Å²) in [4.78, 5) is 11.1. The summed E-state index contributed by atoms with van der Waals surface area (Å²) in [7, 11) is 1.40. The first-order valence-electron chi connectivity index (χ1n) is 6.27. The Balaban J connectivity index is 2.04. The molecular formula is C16H15BrO3. The van der Waals surface area contributed by atoms with Gasteiger partial charge in [-0.2, -0.15) is 0 Å². The molecule has 0 N–H and O–H groups in total. The first-order valence-corrected chi connectivity index (χ1v) is 7.06. The highest BCUT2D eigenvalue weighted by atomic mass is 79.9. The summed E-state index contributed by atoms with van der Waals surface area (Å²) in [5.41, 5.74) is 1.06. The highest BCUT2D eigenvalue weighted by molar-refractivity contribution is 9.10. The lowest BCUT2D eigenvalue weighted by Gasteiger charge is -2.09. The highest BCUT2D eigenvalue weighted by Gasteiger charge is 2.06. The van der Waals surface area contributed by atoms with Crippen LogP contribution in [0, 0.1) is 0 Å². The van der Waals surface area contributed by atoms with E-state index in [-0.39, 0.29) is 5.97 Å². The Kier molecular flexibility index (Phi) is 5.18. The zero-order valence-electron chi connectivity index (χ0n) is 11.1. The molecule has 2 aromatic rings. The fourth-order valence-electron chi connectivity index (χ4n) is 1.75. The number of halogens is 1. The van der Waals surface area contributed by atoms with E-state index < -0.39 is 0 Å². The number of ether oxygens (including phenoxy) is 2. The van der Waals surface area contributed by atoms with Gasteiger partial charge in [0.15, 0.2) is 0 Å². The van der Waals surface area contributed by atoms with E-state index in [4.69, 9.17) is 4.74 Å². The minimum atomic E-state index is -0.203. The molecule has 0 heterocycles. The number of benzene rings is 2. The third-order valence-electron chi connectivity index (χ3n) is 2.81. The van der Waals surface area contributed by atoms with Gasteiger partial charge in [0.25, 0.3) is 0 Å². The Morgan fingerprint density at radius 1 is 1.15 bits per heavy atom. The molecule has 4 heteroatoms. The summed E-state index contributed by atoms with van der Waals surface area (Å²) in [6.07, 6.45) is 1.03. The van der Waals surface area contributed by atoms with E-state index >= 15 is 0 Å². The van der Waals surface area contributed by atoms with Crippen molar-refractivity contribution in [2.45, 2.75) is 12.8 Å². The van der Waals surface area contributed by atoms with Gasteiger partial charge >= 0.3 is 5.97 Å². The standard InChI is InChI=1S/C16H15BrO3/c1-19-16(18)10-8-12-7-9-15(14(17)11-12)20-13-5-3-2-4-6-13/h2-7,9,11H,8,10H2,1H3. The summed E-state index contributed by atoms with van der Waals surface area (Å²) in [5.74, 6) is 1.33. The van der Waals surface area contributed by atoms with Crippen molar-refractivity contribution in [2.75, 3.05) is 7.11 Å². The molecular weight excluding hydrogens is 320 g/mol. The fourth-order valence-corrected chi connectivity index (χ4v) is 2.25. The van der Waals surface area contributed by atoms with Crippen LogP contribution in [-0.4, -0.2) is 13.1 Å². The van der Waals surface area contributed by atoms with E-state index in [9.17, 15) is 4.79 Å². The van der Waals surface area contributed by atoms with Crippen LogP contribution < -0.4 is 4.74 Å². The van der Waals surface area contributed by atoms with Crippen molar-refractivity contribution in [3.8, 4) is 11.5 Å². The zero-order chi connectivity index (χ0) is 14.4. The summed E-state index contributed by atoms with van der Waals surface area (Å²) >= 11 is 3.49. The number of aryl methyl sites for hydroxylation is 1. The summed E-state index contributed by atoms with van der Waals surface area (Å²) < 4.78 is 11.3. The van der Waals surface area contributed by atoms with Gasteiger partial charge in [0.05, 0.1) is 11.6 Å². The average molecular weight is 335 g/mol. The number of carbonyl (C=O) groups is 1. The number of hydrogen-bond acceptors (Lipinski definition) is 3. The molecule has 0 radical (unpaired) electrons. The maximum atomic E-state index is 11.1. The predicted octanol–water partition coefficient (Wildman–Crippen LogP) is 4.35. The molecule has 0 aliphatic heterocycles. The van der Waals surface area contributed by atoms with Crippen molar-refractivity contribution < 1.29 is 14.3 Å². The normalized spacial score (nSPS) is 10.1. The number of rotatable bonds is 5. The van der Waals surface area contributed by atoms with Gasteiger partial charge in [0, 0.05) is 6.42 Å². The monoisotopic (exact) mass is 334 g/mol.